The van der Waals surface area contributed by atoms with E-state index in [-0.39, 0.29) is 11.3 Å². The molecule has 15 heavy (non-hydrogen) atoms. The van der Waals surface area contributed by atoms with Crippen LogP contribution >= 0.6 is 11.6 Å². The minimum Gasteiger partial charge on any atom is -0.496 e. The van der Waals surface area contributed by atoms with Crippen molar-refractivity contribution in [1.82, 2.24) is 5.32 Å². The van der Waals surface area contributed by atoms with Gasteiger partial charge in [-0.15, -0.1) is 0 Å². The van der Waals surface area contributed by atoms with Gasteiger partial charge in [0.15, 0.2) is 0 Å². The topological polar surface area (TPSA) is 81.4 Å². The van der Waals surface area contributed by atoms with E-state index in [0.717, 1.165) is 0 Å². The van der Waals surface area contributed by atoms with E-state index in [4.69, 9.17) is 22.1 Å². The number of halogens is 1. The van der Waals surface area contributed by atoms with E-state index in [1.807, 2.05) is 5.32 Å². The minimum atomic E-state index is -0.919. The van der Waals surface area contributed by atoms with Gasteiger partial charge in [-0.3, -0.25) is 10.1 Å². The molecule has 0 aromatic heterocycles. The summed E-state index contributed by atoms with van der Waals surface area (Å²) in [5.41, 5.74) is 5.01. The number of rotatable bonds is 2. The van der Waals surface area contributed by atoms with E-state index >= 15 is 0 Å². The van der Waals surface area contributed by atoms with Crippen molar-refractivity contribution in [3.63, 3.8) is 0 Å². The fraction of sp³-hybridized carbons (Fsp3) is 0.111. The van der Waals surface area contributed by atoms with Gasteiger partial charge in [0.05, 0.1) is 12.7 Å². The first-order chi connectivity index (χ1) is 7.04. The summed E-state index contributed by atoms with van der Waals surface area (Å²) in [7, 11) is 1.40. The average Bonchev–Trinajstić information content (AvgIpc) is 2.16. The average molecular weight is 229 g/mol. The minimum absolute atomic E-state index is 0.195. The molecule has 0 fully saturated rings. The standard InChI is InChI=1S/C9H9ClN2O3/c1-15-7-4-5(10)2-3-6(7)8(13)12-9(11)14/h2-4H,1H3,(H3,11,12,13,14). The lowest BCUT2D eigenvalue weighted by molar-refractivity contribution is 0.0963. The largest absolute Gasteiger partial charge is 0.496 e. The Morgan fingerprint density at radius 3 is 2.67 bits per heavy atom. The van der Waals surface area contributed by atoms with Crippen LogP contribution in [0.1, 0.15) is 10.4 Å². The van der Waals surface area contributed by atoms with Crippen LogP contribution in [0, 0.1) is 0 Å². The Balaban J connectivity index is 3.02. The predicted molar refractivity (Wildman–Crippen MR) is 55.1 cm³/mol. The second kappa shape index (κ2) is 4.65. The van der Waals surface area contributed by atoms with E-state index in [1.165, 1.54) is 25.3 Å². The molecule has 5 nitrogen and oxygen atoms in total. The summed E-state index contributed by atoms with van der Waals surface area (Å²) in [5, 5.41) is 2.36. The van der Waals surface area contributed by atoms with Crippen LogP contribution in [0.15, 0.2) is 18.2 Å². The number of nitrogens with one attached hydrogen (secondary N) is 1. The van der Waals surface area contributed by atoms with Gasteiger partial charge in [-0.1, -0.05) is 11.6 Å². The molecule has 80 valence electrons. The smallest absolute Gasteiger partial charge is 0.319 e. The number of carbonyl (C=O) groups excluding carboxylic acids is 2. The third-order valence-corrected chi connectivity index (χ3v) is 1.88. The maximum atomic E-state index is 11.4. The van der Waals surface area contributed by atoms with Gasteiger partial charge in [0, 0.05) is 5.02 Å². The van der Waals surface area contributed by atoms with Crippen LogP contribution in [-0.4, -0.2) is 19.0 Å². The third-order valence-electron chi connectivity index (χ3n) is 1.64. The van der Waals surface area contributed by atoms with Crippen LogP contribution in [0.4, 0.5) is 4.79 Å². The molecule has 3 N–H and O–H groups in total. The van der Waals surface area contributed by atoms with Crippen LogP contribution in [0.2, 0.25) is 5.02 Å². The molecule has 0 bridgehead atoms. The monoisotopic (exact) mass is 228 g/mol. The number of nitrogens with two attached hydrogens (primary N) is 1. The van der Waals surface area contributed by atoms with Crippen molar-refractivity contribution in [2.24, 2.45) is 5.73 Å². The zero-order valence-electron chi connectivity index (χ0n) is 7.91. The Bertz CT molecular complexity index is 406. The van der Waals surface area contributed by atoms with Crippen molar-refractivity contribution >= 4 is 23.5 Å². The Morgan fingerprint density at radius 2 is 2.13 bits per heavy atom. The van der Waals surface area contributed by atoms with Crippen LogP contribution in [0.25, 0.3) is 0 Å². The van der Waals surface area contributed by atoms with Gasteiger partial charge >= 0.3 is 6.03 Å². The first-order valence-corrected chi connectivity index (χ1v) is 4.36. The highest BCUT2D eigenvalue weighted by Crippen LogP contribution is 2.22. The van der Waals surface area contributed by atoms with Crippen molar-refractivity contribution in [3.05, 3.63) is 28.8 Å². The third kappa shape index (κ3) is 2.85. The number of hydrogen-bond donors (Lipinski definition) is 2. The van der Waals surface area contributed by atoms with Crippen LogP contribution < -0.4 is 15.8 Å². The molecule has 1 rings (SSSR count). The zero-order chi connectivity index (χ0) is 11.4. The molecule has 1 aromatic rings. The molecule has 0 atom stereocenters. The van der Waals surface area contributed by atoms with Gasteiger partial charge in [-0.05, 0) is 18.2 Å². The molecule has 0 saturated carbocycles. The lowest BCUT2D eigenvalue weighted by Crippen LogP contribution is -2.35. The molecular weight excluding hydrogens is 220 g/mol. The molecule has 0 radical (unpaired) electrons. The van der Waals surface area contributed by atoms with Crippen LogP contribution in [0.3, 0.4) is 0 Å². The summed E-state index contributed by atoms with van der Waals surface area (Å²) < 4.78 is 4.93. The van der Waals surface area contributed by atoms with Crippen LogP contribution in [0.5, 0.6) is 5.75 Å². The zero-order valence-corrected chi connectivity index (χ0v) is 8.67. The van der Waals surface area contributed by atoms with E-state index in [9.17, 15) is 9.59 Å². The van der Waals surface area contributed by atoms with Gasteiger partial charge in [0.25, 0.3) is 5.91 Å². The van der Waals surface area contributed by atoms with Crippen molar-refractivity contribution in [2.75, 3.05) is 7.11 Å². The summed E-state index contributed by atoms with van der Waals surface area (Å²) >= 11 is 5.70. The summed E-state index contributed by atoms with van der Waals surface area (Å²) in [6.45, 7) is 0. The molecule has 6 heteroatoms. The number of imide groups is 1. The summed E-state index contributed by atoms with van der Waals surface area (Å²) in [4.78, 5) is 21.9. The highest BCUT2D eigenvalue weighted by Gasteiger charge is 2.13. The van der Waals surface area contributed by atoms with E-state index in [1.54, 1.807) is 0 Å². The first kappa shape index (κ1) is 11.3. The Labute approximate surface area is 91.2 Å². The first-order valence-electron chi connectivity index (χ1n) is 3.99. The highest BCUT2D eigenvalue weighted by atomic mass is 35.5. The molecule has 0 unspecified atom stereocenters. The number of urea groups is 1. The van der Waals surface area contributed by atoms with Crippen molar-refractivity contribution in [3.8, 4) is 5.75 Å². The SMILES string of the molecule is COc1cc(Cl)ccc1C(=O)NC(N)=O. The van der Waals surface area contributed by atoms with Gasteiger partial charge in [0.1, 0.15) is 5.75 Å². The highest BCUT2D eigenvalue weighted by molar-refractivity contribution is 6.30. The quantitative estimate of drug-likeness (QED) is 0.797. The maximum Gasteiger partial charge on any atom is 0.319 e. The maximum absolute atomic E-state index is 11.4. The lowest BCUT2D eigenvalue weighted by atomic mass is 10.2. The van der Waals surface area contributed by atoms with Gasteiger partial charge in [-0.2, -0.15) is 0 Å². The van der Waals surface area contributed by atoms with E-state index in [2.05, 4.69) is 0 Å². The summed E-state index contributed by atoms with van der Waals surface area (Å²) in [6, 6.07) is 3.51. The molecule has 3 amide bonds. The lowest BCUT2D eigenvalue weighted by Gasteiger charge is -2.07. The molecule has 0 aliphatic rings. The summed E-state index contributed by atoms with van der Waals surface area (Å²) in [5.74, 6) is -0.350. The molecule has 0 saturated heterocycles. The second-order valence-electron chi connectivity index (χ2n) is 2.66. The number of methoxy groups -OCH3 is 1. The molecule has 0 heterocycles. The second-order valence-corrected chi connectivity index (χ2v) is 3.10. The summed E-state index contributed by atoms with van der Waals surface area (Å²) in [6.07, 6.45) is 0. The number of amides is 3. The predicted octanol–water partition coefficient (Wildman–Crippen LogP) is 1.16. The molecule has 0 aliphatic heterocycles. The Hall–Kier alpha value is -1.75. The van der Waals surface area contributed by atoms with Gasteiger partial charge in [-0.25, -0.2) is 4.79 Å². The number of hydrogen-bond acceptors (Lipinski definition) is 3. The van der Waals surface area contributed by atoms with Crippen molar-refractivity contribution < 1.29 is 14.3 Å². The fourth-order valence-electron chi connectivity index (χ4n) is 1.03. The van der Waals surface area contributed by atoms with Crippen molar-refractivity contribution in [1.29, 1.82) is 0 Å². The number of benzene rings is 1. The van der Waals surface area contributed by atoms with Gasteiger partial charge in [0.2, 0.25) is 0 Å². The van der Waals surface area contributed by atoms with E-state index < -0.39 is 11.9 Å². The van der Waals surface area contributed by atoms with Gasteiger partial charge < -0.3 is 10.5 Å². The van der Waals surface area contributed by atoms with E-state index in [0.29, 0.717) is 5.02 Å². The van der Waals surface area contributed by atoms with Crippen molar-refractivity contribution in [2.45, 2.75) is 0 Å². The molecular formula is C9H9ClN2O3. The molecule has 0 aliphatic carbocycles. The molecule has 0 spiro atoms. The Kier molecular flexibility index (Phi) is 3.51. The van der Waals surface area contributed by atoms with Crippen LogP contribution in [-0.2, 0) is 0 Å². The number of carbonyl (C=O) groups is 2. The number of ether oxygens (including phenoxy) is 1. The normalized spacial score (nSPS) is 9.47. The molecule has 1 aromatic carbocycles. The number of primary amides is 1. The Morgan fingerprint density at radius 1 is 1.47 bits per heavy atom. The fourth-order valence-corrected chi connectivity index (χ4v) is 1.19.